The van der Waals surface area contributed by atoms with Crippen LogP contribution in [-0.4, -0.2) is 29.7 Å². The number of carbonyl (C=O) groups excluding carboxylic acids is 1. The number of hydrazine groups is 1. The van der Waals surface area contributed by atoms with Gasteiger partial charge in [0.2, 0.25) is 18.7 Å². The second-order valence-corrected chi connectivity index (χ2v) is 8.05. The molecular weight excluding hydrogens is 304 g/mol. The van der Waals surface area contributed by atoms with Crippen LogP contribution in [0.15, 0.2) is 17.1 Å². The SMILES string of the molecule is CC(C)(C)c1cc(C(=O)NNC2=NC[NH+]=C2)cc(C(C)(C)C)c1O. The van der Waals surface area contributed by atoms with Crippen molar-refractivity contribution in [3.05, 3.63) is 28.8 Å². The van der Waals surface area contributed by atoms with Crippen LogP contribution in [0, 0.1) is 0 Å². The molecule has 0 spiro atoms. The number of nitrogens with zero attached hydrogens (tertiary/aromatic N) is 1. The van der Waals surface area contributed by atoms with Crippen molar-refractivity contribution >= 4 is 18.0 Å². The van der Waals surface area contributed by atoms with Gasteiger partial charge >= 0.3 is 0 Å². The number of hydrogen-bond acceptors (Lipinski definition) is 4. The van der Waals surface area contributed by atoms with Crippen LogP contribution in [0.25, 0.3) is 0 Å². The molecule has 0 fully saturated rings. The van der Waals surface area contributed by atoms with Crippen LogP contribution in [0.2, 0.25) is 0 Å². The minimum absolute atomic E-state index is 0.261. The lowest BCUT2D eigenvalue weighted by Crippen LogP contribution is -2.67. The van der Waals surface area contributed by atoms with E-state index < -0.39 is 0 Å². The fourth-order valence-corrected chi connectivity index (χ4v) is 2.50. The van der Waals surface area contributed by atoms with E-state index in [1.165, 1.54) is 0 Å². The number of nitrogens with one attached hydrogen (secondary N) is 3. The predicted octanol–water partition coefficient (Wildman–Crippen LogP) is 0.743. The molecule has 0 saturated carbocycles. The number of carbonyl (C=O) groups is 1. The topological polar surface area (TPSA) is 87.7 Å². The first-order valence-corrected chi connectivity index (χ1v) is 8.05. The summed E-state index contributed by atoms with van der Waals surface area (Å²) in [5.74, 6) is 0.570. The molecule has 1 aliphatic heterocycles. The standard InChI is InChI=1S/C18H26N4O2/c1-17(2,3)12-7-11(8-13(15(12)23)18(4,5)6)16(24)22-21-14-9-19-10-20-14/h7-9,23H,10H2,1-6H3,(H,20,21)(H,22,24)/p+1. The second-order valence-electron chi connectivity index (χ2n) is 8.05. The Balaban J connectivity index is 2.38. The van der Waals surface area contributed by atoms with Gasteiger partial charge in [-0.1, -0.05) is 41.5 Å². The molecule has 1 aromatic rings. The molecule has 1 amide bonds. The van der Waals surface area contributed by atoms with Crippen molar-refractivity contribution in [1.82, 2.24) is 10.9 Å². The van der Waals surface area contributed by atoms with Gasteiger partial charge in [0.05, 0.1) is 0 Å². The van der Waals surface area contributed by atoms with Crippen LogP contribution in [0.4, 0.5) is 0 Å². The van der Waals surface area contributed by atoms with Crippen LogP contribution < -0.4 is 15.8 Å². The van der Waals surface area contributed by atoms with Gasteiger partial charge in [-0.25, -0.2) is 4.99 Å². The third-order valence-electron chi connectivity index (χ3n) is 3.87. The molecule has 1 heterocycles. The van der Waals surface area contributed by atoms with Crippen LogP contribution in [0.5, 0.6) is 5.75 Å². The Morgan fingerprint density at radius 1 is 1.12 bits per heavy atom. The Morgan fingerprint density at radius 2 is 1.67 bits per heavy atom. The molecule has 0 saturated heterocycles. The summed E-state index contributed by atoms with van der Waals surface area (Å²) in [6.07, 6.45) is 1.69. The van der Waals surface area contributed by atoms with E-state index in [1.54, 1.807) is 18.3 Å². The van der Waals surface area contributed by atoms with Gasteiger partial charge in [0.15, 0.2) is 0 Å². The predicted molar refractivity (Wildman–Crippen MR) is 95.4 cm³/mol. The zero-order valence-electron chi connectivity index (χ0n) is 15.2. The molecule has 0 aromatic heterocycles. The maximum atomic E-state index is 12.5. The Hall–Kier alpha value is -2.37. The van der Waals surface area contributed by atoms with E-state index in [1.807, 2.05) is 41.5 Å². The highest BCUT2D eigenvalue weighted by molar-refractivity contribution is 6.27. The van der Waals surface area contributed by atoms with Crippen LogP contribution >= 0.6 is 0 Å². The summed E-state index contributed by atoms with van der Waals surface area (Å²) in [6, 6.07) is 3.50. The van der Waals surface area contributed by atoms with Gasteiger partial charge in [0, 0.05) is 16.7 Å². The number of hydrogen-bond donors (Lipinski definition) is 4. The molecule has 2 rings (SSSR count). The van der Waals surface area contributed by atoms with Crippen molar-refractivity contribution in [1.29, 1.82) is 0 Å². The molecular formula is C18H27N4O2+. The van der Waals surface area contributed by atoms with Crippen molar-refractivity contribution < 1.29 is 14.9 Å². The van der Waals surface area contributed by atoms with Gasteiger partial charge < -0.3 is 5.11 Å². The maximum Gasteiger partial charge on any atom is 0.269 e. The lowest BCUT2D eigenvalue weighted by molar-refractivity contribution is -0.443. The Bertz CT molecular complexity index is 672. The number of phenolic OH excluding ortho intramolecular Hbond substituents is 1. The molecule has 1 aromatic carbocycles. The minimum Gasteiger partial charge on any atom is -0.507 e. The first-order chi connectivity index (χ1) is 11.0. The molecule has 0 aliphatic carbocycles. The summed E-state index contributed by atoms with van der Waals surface area (Å²) in [5.41, 5.74) is 6.89. The highest BCUT2D eigenvalue weighted by Crippen LogP contribution is 2.39. The fraction of sp³-hybridized carbons (Fsp3) is 0.500. The fourth-order valence-electron chi connectivity index (χ4n) is 2.50. The van der Waals surface area contributed by atoms with Gasteiger partial charge in [-0.3, -0.25) is 15.6 Å². The Kier molecular flexibility index (Phi) is 4.69. The Morgan fingerprint density at radius 3 is 2.08 bits per heavy atom. The summed E-state index contributed by atoms with van der Waals surface area (Å²) in [4.78, 5) is 19.6. The first-order valence-electron chi connectivity index (χ1n) is 8.05. The van der Waals surface area contributed by atoms with Gasteiger partial charge in [-0.05, 0) is 23.0 Å². The lowest BCUT2D eigenvalue weighted by Gasteiger charge is -2.28. The molecule has 6 nitrogen and oxygen atoms in total. The van der Waals surface area contributed by atoms with Crippen LogP contribution in [0.1, 0.15) is 63.0 Å². The average Bonchev–Trinajstić information content (AvgIpc) is 2.95. The quantitative estimate of drug-likeness (QED) is 0.573. The zero-order chi connectivity index (χ0) is 18.1. The van der Waals surface area contributed by atoms with Crippen molar-refractivity contribution in [2.75, 3.05) is 6.67 Å². The number of aliphatic imine (C=N–C) groups is 1. The highest BCUT2D eigenvalue weighted by Gasteiger charge is 2.27. The molecule has 24 heavy (non-hydrogen) atoms. The molecule has 1 aliphatic rings. The first kappa shape index (κ1) is 18.0. The van der Waals surface area contributed by atoms with Crippen LogP contribution in [-0.2, 0) is 10.8 Å². The number of benzene rings is 1. The van der Waals surface area contributed by atoms with E-state index in [-0.39, 0.29) is 22.5 Å². The monoisotopic (exact) mass is 331 g/mol. The average molecular weight is 331 g/mol. The van der Waals surface area contributed by atoms with E-state index in [0.717, 1.165) is 11.1 Å². The highest BCUT2D eigenvalue weighted by atomic mass is 16.3. The third-order valence-corrected chi connectivity index (χ3v) is 3.87. The van der Waals surface area contributed by atoms with Gasteiger partial charge in [0.1, 0.15) is 5.75 Å². The van der Waals surface area contributed by atoms with E-state index in [2.05, 4.69) is 20.8 Å². The van der Waals surface area contributed by atoms with E-state index >= 15 is 0 Å². The second kappa shape index (κ2) is 6.26. The van der Waals surface area contributed by atoms with Crippen LogP contribution in [0.3, 0.4) is 0 Å². The number of amidine groups is 1. The molecule has 0 bridgehead atoms. The summed E-state index contributed by atoms with van der Waals surface area (Å²) >= 11 is 0. The molecule has 4 N–H and O–H groups in total. The minimum atomic E-state index is -0.277. The lowest BCUT2D eigenvalue weighted by atomic mass is 9.78. The normalized spacial score (nSPS) is 14.5. The van der Waals surface area contributed by atoms with Gasteiger partial charge in [0.25, 0.3) is 5.91 Å². The Labute approximate surface area is 143 Å². The number of amides is 1. The molecule has 0 atom stereocenters. The molecule has 130 valence electrons. The van der Waals surface area contributed by atoms with Gasteiger partial charge in [-0.2, -0.15) is 4.99 Å². The largest absolute Gasteiger partial charge is 0.507 e. The summed E-state index contributed by atoms with van der Waals surface area (Å²) in [6.45, 7) is 12.6. The van der Waals surface area contributed by atoms with E-state index in [0.29, 0.717) is 18.1 Å². The summed E-state index contributed by atoms with van der Waals surface area (Å²) in [7, 11) is 0. The number of aromatic hydroxyl groups is 1. The van der Waals surface area contributed by atoms with Crippen molar-refractivity contribution in [2.45, 2.75) is 52.4 Å². The summed E-state index contributed by atoms with van der Waals surface area (Å²) in [5, 5.41) is 10.7. The molecule has 0 unspecified atom stereocenters. The van der Waals surface area contributed by atoms with Crippen molar-refractivity contribution in [3.63, 3.8) is 0 Å². The van der Waals surface area contributed by atoms with E-state index in [9.17, 15) is 9.90 Å². The number of rotatable bonds is 1. The third kappa shape index (κ3) is 3.93. The summed E-state index contributed by atoms with van der Waals surface area (Å²) < 4.78 is 0. The molecule has 0 radical (unpaired) electrons. The van der Waals surface area contributed by atoms with E-state index in [4.69, 9.17) is 0 Å². The van der Waals surface area contributed by atoms with Gasteiger partial charge in [-0.15, -0.1) is 0 Å². The van der Waals surface area contributed by atoms with Crippen molar-refractivity contribution in [3.8, 4) is 5.75 Å². The smallest absolute Gasteiger partial charge is 0.269 e. The maximum absolute atomic E-state index is 12.5. The number of phenols is 1. The zero-order valence-corrected chi connectivity index (χ0v) is 15.2. The molecule has 6 heteroatoms. The van der Waals surface area contributed by atoms with Crippen molar-refractivity contribution in [2.24, 2.45) is 4.99 Å².